The van der Waals surface area contributed by atoms with Crippen LogP contribution in [0.25, 0.3) is 0 Å². The van der Waals surface area contributed by atoms with Crippen LogP contribution >= 0.6 is 151 Å². The van der Waals surface area contributed by atoms with E-state index in [-0.39, 0.29) is 17.1 Å². The predicted octanol–water partition coefficient (Wildman–Crippen LogP) is 9.89. The van der Waals surface area contributed by atoms with Crippen LogP contribution in [0.5, 0.6) is 0 Å². The third-order valence-electron chi connectivity index (χ3n) is 4.25. The van der Waals surface area contributed by atoms with Gasteiger partial charge in [-0.1, -0.05) is 0 Å². The van der Waals surface area contributed by atoms with Crippen molar-refractivity contribution in [3.8, 4) is 0 Å². The number of rotatable bonds is 9. The summed E-state index contributed by atoms with van der Waals surface area (Å²) in [6, 6.07) is 9.91. The molecule has 0 aromatic heterocycles. The Bertz CT molecular complexity index is 1260. The summed E-state index contributed by atoms with van der Waals surface area (Å²) in [6.07, 6.45) is 0. The van der Waals surface area contributed by atoms with Crippen LogP contribution in [0.1, 0.15) is 0 Å². The minimum atomic E-state index is -4.77. The standard InChI is InChI=1S/C18H12Br9N6O4P/c19-7-1-13(25)16(4-10(7)22)31(28)35-38(34,36-32(29)17-5-11(23)8(20)2-14(17)26)37-33(30)18-6-12(24)9(21)3-15(18)27/h1-6H,28-30H2. The van der Waals surface area contributed by atoms with E-state index in [0.29, 0.717) is 42.4 Å². The van der Waals surface area contributed by atoms with Crippen LogP contribution in [0.4, 0.5) is 17.1 Å². The van der Waals surface area contributed by atoms with Crippen molar-refractivity contribution in [1.29, 1.82) is 0 Å². The van der Waals surface area contributed by atoms with Gasteiger partial charge in [0.25, 0.3) is 0 Å². The maximum absolute atomic E-state index is 14.0. The fourth-order valence-electron chi connectivity index (χ4n) is 2.54. The lowest BCUT2D eigenvalue weighted by atomic mass is 10.3. The first-order valence-electron chi connectivity index (χ1n) is 9.39. The van der Waals surface area contributed by atoms with Crippen molar-refractivity contribution in [1.82, 2.24) is 0 Å². The number of anilines is 3. The van der Waals surface area contributed by atoms with Gasteiger partial charge in [0, 0.05) is 40.3 Å². The smallest absolute Gasteiger partial charge is 0.222 e. The number of nitrogens with two attached hydrogens (primary N) is 3. The highest BCUT2D eigenvalue weighted by Gasteiger charge is 2.38. The van der Waals surface area contributed by atoms with Crippen LogP contribution in [0, 0.1) is 0 Å². The molecule has 38 heavy (non-hydrogen) atoms. The van der Waals surface area contributed by atoms with E-state index in [2.05, 4.69) is 143 Å². The Balaban J connectivity index is 2.00. The number of hydrogen-bond acceptors (Lipinski definition) is 10. The minimum Gasteiger partial charge on any atom is -0.222 e. The molecule has 0 saturated heterocycles. The summed E-state index contributed by atoms with van der Waals surface area (Å²) in [7, 11) is -4.77. The number of benzene rings is 3. The number of hydrazine groups is 3. The Hall–Kier alpha value is 1.37. The fourth-order valence-corrected chi connectivity index (χ4v) is 8.04. The van der Waals surface area contributed by atoms with Gasteiger partial charge in [-0.15, -0.1) is 13.9 Å². The Morgan fingerprint density at radius 3 is 0.895 bits per heavy atom. The maximum atomic E-state index is 14.0. The first-order valence-corrected chi connectivity index (χ1v) is 18.0. The SMILES string of the molecule is NN(OP(=O)(ON(N)c1cc(Br)c(Br)cc1Br)ON(N)c1cc(Br)c(Br)cc1Br)c1cc(Br)c(Br)cc1Br. The molecule has 0 atom stereocenters. The molecule has 0 spiro atoms. The first kappa shape index (κ1) is 33.9. The Morgan fingerprint density at radius 1 is 0.447 bits per heavy atom. The molecule has 20 heteroatoms. The van der Waals surface area contributed by atoms with E-state index in [9.17, 15) is 4.57 Å². The Kier molecular flexibility index (Phi) is 12.7. The van der Waals surface area contributed by atoms with Crippen LogP contribution < -0.4 is 33.0 Å². The van der Waals surface area contributed by atoms with Crippen molar-refractivity contribution in [3.63, 3.8) is 0 Å². The zero-order chi connectivity index (χ0) is 28.5. The molecule has 0 unspecified atom stereocenters. The average Bonchev–Trinajstić information content (AvgIpc) is 2.80. The van der Waals surface area contributed by atoms with Gasteiger partial charge in [0.15, 0.2) is 0 Å². The largest absolute Gasteiger partial charge is 0.543 e. The van der Waals surface area contributed by atoms with E-state index in [4.69, 9.17) is 31.4 Å². The molecule has 0 aliphatic heterocycles. The molecular weight excluding hydrogens is 1110 g/mol. The molecule has 0 bridgehead atoms. The molecule has 0 aliphatic carbocycles. The summed E-state index contributed by atoms with van der Waals surface area (Å²) in [5.74, 6) is 18.4. The highest BCUT2D eigenvalue weighted by molar-refractivity contribution is 9.14. The van der Waals surface area contributed by atoms with E-state index >= 15 is 0 Å². The van der Waals surface area contributed by atoms with Gasteiger partial charge < -0.3 is 0 Å². The van der Waals surface area contributed by atoms with Gasteiger partial charge in [-0.25, -0.2) is 22.1 Å². The fraction of sp³-hybridized carbons (Fsp3) is 0. The molecule has 3 aromatic carbocycles. The molecule has 0 heterocycles. The van der Waals surface area contributed by atoms with E-state index in [1.54, 1.807) is 36.4 Å². The molecular formula is C18H12Br9N6O4P. The predicted molar refractivity (Wildman–Crippen MR) is 179 cm³/mol. The number of phosphoric acid groups is 1. The van der Waals surface area contributed by atoms with Crippen LogP contribution in [0.15, 0.2) is 76.7 Å². The summed E-state index contributed by atoms with van der Waals surface area (Å²) >= 11 is 30.5. The van der Waals surface area contributed by atoms with Gasteiger partial charge in [-0.2, -0.15) is 15.5 Å². The summed E-state index contributed by atoms with van der Waals surface area (Å²) in [6.45, 7) is 0. The van der Waals surface area contributed by atoms with Gasteiger partial charge in [0.2, 0.25) is 0 Å². The second kappa shape index (κ2) is 14.2. The Morgan fingerprint density at radius 2 is 0.658 bits per heavy atom. The summed E-state index contributed by atoms with van der Waals surface area (Å²) < 4.78 is 36.1. The normalized spacial score (nSPS) is 11.6. The second-order valence-electron chi connectivity index (χ2n) is 6.82. The van der Waals surface area contributed by atoms with E-state index in [1.165, 1.54) is 0 Å². The van der Waals surface area contributed by atoms with Crippen molar-refractivity contribution in [3.05, 3.63) is 76.7 Å². The molecule has 10 nitrogen and oxygen atoms in total. The maximum Gasteiger partial charge on any atom is 0.543 e. The summed E-state index contributed by atoms with van der Waals surface area (Å²) in [5.41, 5.74) is 0.791. The molecule has 0 radical (unpaired) electrons. The van der Waals surface area contributed by atoms with Crippen molar-refractivity contribution in [2.24, 2.45) is 17.5 Å². The number of nitrogens with zero attached hydrogens (tertiary/aromatic N) is 3. The second-order valence-corrected chi connectivity index (χ2v) is 15.9. The lowest BCUT2D eigenvalue weighted by molar-refractivity contribution is 0.0857. The third-order valence-corrected chi connectivity index (χ3v) is 12.8. The van der Waals surface area contributed by atoms with Crippen molar-refractivity contribution in [2.45, 2.75) is 0 Å². The molecule has 0 amide bonds. The van der Waals surface area contributed by atoms with E-state index < -0.39 is 7.82 Å². The zero-order valence-electron chi connectivity index (χ0n) is 18.0. The van der Waals surface area contributed by atoms with Crippen molar-refractivity contribution in [2.75, 3.05) is 15.5 Å². The number of halogens is 9. The first-order chi connectivity index (χ1) is 17.6. The summed E-state index contributed by atoms with van der Waals surface area (Å²) in [5, 5.41) is 2.09. The van der Waals surface area contributed by atoms with Crippen LogP contribution in [0.2, 0.25) is 0 Å². The van der Waals surface area contributed by atoms with Crippen LogP contribution in [0.3, 0.4) is 0 Å². The molecule has 0 fully saturated rings. The molecule has 0 aliphatic rings. The van der Waals surface area contributed by atoms with E-state index in [0.717, 1.165) is 13.4 Å². The van der Waals surface area contributed by atoms with Gasteiger partial charge in [-0.3, -0.25) is 0 Å². The number of hydrogen-bond donors (Lipinski definition) is 3. The minimum absolute atomic E-state index is 0.264. The van der Waals surface area contributed by atoms with E-state index in [1.807, 2.05) is 0 Å². The highest BCUT2D eigenvalue weighted by atomic mass is 79.9. The lowest BCUT2D eigenvalue weighted by Crippen LogP contribution is -2.38. The highest BCUT2D eigenvalue weighted by Crippen LogP contribution is 2.54. The van der Waals surface area contributed by atoms with Gasteiger partial charge in [-0.05, 0) is 180 Å². The lowest BCUT2D eigenvalue weighted by Gasteiger charge is -2.30. The zero-order valence-corrected chi connectivity index (χ0v) is 33.2. The quantitative estimate of drug-likeness (QED) is 0.0824. The molecule has 0 saturated carbocycles. The van der Waals surface area contributed by atoms with Crippen LogP contribution in [-0.2, 0) is 18.4 Å². The topological polar surface area (TPSA) is 133 Å². The summed E-state index contributed by atoms with van der Waals surface area (Å²) in [4.78, 5) is 0. The Labute approximate surface area is 292 Å². The van der Waals surface area contributed by atoms with Crippen molar-refractivity contribution >= 4 is 168 Å². The van der Waals surface area contributed by atoms with Crippen molar-refractivity contribution < 1.29 is 18.4 Å². The third kappa shape index (κ3) is 8.48. The molecule has 6 N–H and O–H groups in total. The van der Waals surface area contributed by atoms with Crippen LogP contribution in [-0.4, -0.2) is 0 Å². The molecule has 3 rings (SSSR count). The van der Waals surface area contributed by atoms with Gasteiger partial charge >= 0.3 is 7.82 Å². The van der Waals surface area contributed by atoms with Gasteiger partial charge in [0.1, 0.15) is 0 Å². The molecule has 3 aromatic rings. The molecule has 206 valence electrons. The average molecular weight is 1130 g/mol. The monoisotopic (exact) mass is 1120 g/mol. The van der Waals surface area contributed by atoms with Gasteiger partial charge in [0.05, 0.1) is 17.1 Å².